The summed E-state index contributed by atoms with van der Waals surface area (Å²) in [6, 6.07) is 10.7. The minimum absolute atomic E-state index is 0.203. The van der Waals surface area contributed by atoms with Crippen molar-refractivity contribution in [3.05, 3.63) is 47.8 Å². The first-order valence-corrected chi connectivity index (χ1v) is 5.23. The second-order valence-electron chi connectivity index (χ2n) is 3.95. The molecule has 0 N–H and O–H groups in total. The van der Waals surface area contributed by atoms with Crippen LogP contribution in [-0.4, -0.2) is 4.57 Å². The van der Waals surface area contributed by atoms with E-state index in [0.29, 0.717) is 10.1 Å². The Morgan fingerprint density at radius 3 is 2.06 bits per heavy atom. The molecule has 0 saturated heterocycles. The second kappa shape index (κ2) is 3.95. The number of hydrogen-bond donors (Lipinski definition) is 0. The topological polar surface area (TPSA) is 4.93 Å². The molecule has 0 aliphatic carbocycles. The first-order valence-electron chi connectivity index (χ1n) is 5.23. The van der Waals surface area contributed by atoms with Crippen molar-refractivity contribution >= 4 is 0 Å². The fourth-order valence-electron chi connectivity index (χ4n) is 2.06. The van der Waals surface area contributed by atoms with Crippen LogP contribution in [0.4, 0.5) is 13.2 Å². The quantitative estimate of drug-likeness (QED) is 0.701. The van der Waals surface area contributed by atoms with Crippen LogP contribution in [0.15, 0.2) is 36.4 Å². The fraction of sp³-hybridized carbons (Fsp3) is 0.231. The lowest BCUT2D eigenvalue weighted by molar-refractivity contribution is -0.205. The summed E-state index contributed by atoms with van der Waals surface area (Å²) in [6.07, 6.45) is -4.36. The van der Waals surface area contributed by atoms with Gasteiger partial charge < -0.3 is 0 Å². The molecular formula is C13H12F3N. The van der Waals surface area contributed by atoms with E-state index in [1.807, 2.05) is 30.3 Å². The summed E-state index contributed by atoms with van der Waals surface area (Å²) in [4.78, 5) is 0. The van der Waals surface area contributed by atoms with Gasteiger partial charge >= 0.3 is 6.30 Å². The third-order valence-corrected chi connectivity index (χ3v) is 2.77. The van der Waals surface area contributed by atoms with Gasteiger partial charge in [0.25, 0.3) is 0 Å². The van der Waals surface area contributed by atoms with Gasteiger partial charge in [-0.2, -0.15) is 0 Å². The molecule has 0 fully saturated rings. The zero-order valence-electron chi connectivity index (χ0n) is 9.55. The van der Waals surface area contributed by atoms with E-state index in [1.165, 1.54) is 13.8 Å². The van der Waals surface area contributed by atoms with Crippen LogP contribution in [0.1, 0.15) is 11.4 Å². The lowest BCUT2D eigenvalue weighted by Gasteiger charge is -2.13. The second-order valence-corrected chi connectivity index (χ2v) is 3.95. The van der Waals surface area contributed by atoms with Crippen molar-refractivity contribution in [2.75, 3.05) is 0 Å². The number of aromatic nitrogens is 1. The first kappa shape index (κ1) is 11.8. The van der Waals surface area contributed by atoms with E-state index in [2.05, 4.69) is 0 Å². The highest BCUT2D eigenvalue weighted by atomic mass is 19.4. The molecule has 1 nitrogen and oxygen atoms in total. The molecule has 1 heterocycles. The minimum atomic E-state index is -4.36. The summed E-state index contributed by atoms with van der Waals surface area (Å²) in [5.41, 5.74) is 1.85. The Balaban J connectivity index is 2.60. The van der Waals surface area contributed by atoms with Gasteiger partial charge in [-0.15, -0.1) is 13.2 Å². The third-order valence-electron chi connectivity index (χ3n) is 2.77. The average molecular weight is 239 g/mol. The number of rotatable bonds is 1. The molecule has 4 heteroatoms. The normalized spacial score (nSPS) is 11.8. The Labute approximate surface area is 97.5 Å². The largest absolute Gasteiger partial charge is 0.488 e. The lowest BCUT2D eigenvalue weighted by Crippen LogP contribution is -2.19. The molecule has 0 spiro atoms. The molecule has 0 amide bonds. The van der Waals surface area contributed by atoms with Crippen LogP contribution in [0, 0.1) is 13.8 Å². The van der Waals surface area contributed by atoms with Crippen LogP contribution < -0.4 is 0 Å². The van der Waals surface area contributed by atoms with Crippen LogP contribution >= 0.6 is 0 Å². The van der Waals surface area contributed by atoms with Gasteiger partial charge in [0.1, 0.15) is 0 Å². The van der Waals surface area contributed by atoms with E-state index < -0.39 is 6.30 Å². The monoisotopic (exact) mass is 239 g/mol. The van der Waals surface area contributed by atoms with Gasteiger partial charge in [-0.3, -0.25) is 4.57 Å². The Morgan fingerprint density at radius 1 is 1.00 bits per heavy atom. The van der Waals surface area contributed by atoms with E-state index in [0.717, 1.165) is 5.56 Å². The molecule has 17 heavy (non-hydrogen) atoms. The molecule has 1 aromatic carbocycles. The van der Waals surface area contributed by atoms with Crippen molar-refractivity contribution in [3.63, 3.8) is 0 Å². The Morgan fingerprint density at radius 2 is 1.59 bits per heavy atom. The standard InChI is InChI=1S/C13H12F3N/c1-9-8-12(11-6-4-3-5-7-11)10(2)17(9)13(14,15)16/h3-8H,1-2H3. The Hall–Kier alpha value is -1.71. The predicted octanol–water partition coefficient (Wildman–Crippen LogP) is 4.25. The van der Waals surface area contributed by atoms with Gasteiger partial charge in [-0.25, -0.2) is 0 Å². The number of nitrogens with zero attached hydrogens (tertiary/aromatic N) is 1. The molecule has 0 bridgehead atoms. The van der Waals surface area contributed by atoms with Crippen LogP contribution in [-0.2, 0) is 6.30 Å². The molecule has 2 rings (SSSR count). The van der Waals surface area contributed by atoms with Crippen LogP contribution in [0.5, 0.6) is 0 Å². The number of alkyl halides is 3. The Bertz CT molecular complexity index is 524. The van der Waals surface area contributed by atoms with Crippen molar-refractivity contribution in [3.8, 4) is 11.1 Å². The molecule has 90 valence electrons. The molecule has 1 aromatic heterocycles. The molecule has 0 atom stereocenters. The van der Waals surface area contributed by atoms with E-state index in [1.54, 1.807) is 6.07 Å². The number of halogens is 3. The highest BCUT2D eigenvalue weighted by Gasteiger charge is 2.34. The number of benzene rings is 1. The first-order chi connectivity index (χ1) is 7.91. The SMILES string of the molecule is Cc1cc(-c2ccccc2)c(C)n1C(F)(F)F. The summed E-state index contributed by atoms with van der Waals surface area (Å²) in [7, 11) is 0. The van der Waals surface area contributed by atoms with Crippen molar-refractivity contribution in [1.82, 2.24) is 4.57 Å². The smallest absolute Gasteiger partial charge is 0.261 e. The maximum absolute atomic E-state index is 12.8. The van der Waals surface area contributed by atoms with Crippen molar-refractivity contribution in [2.24, 2.45) is 0 Å². The van der Waals surface area contributed by atoms with Crippen LogP contribution in [0.3, 0.4) is 0 Å². The molecule has 0 aliphatic rings. The maximum Gasteiger partial charge on any atom is 0.488 e. The Kier molecular flexibility index (Phi) is 2.73. The molecule has 0 saturated carbocycles. The van der Waals surface area contributed by atoms with Crippen LogP contribution in [0.2, 0.25) is 0 Å². The van der Waals surface area contributed by atoms with Crippen molar-refractivity contribution in [2.45, 2.75) is 20.1 Å². The van der Waals surface area contributed by atoms with Crippen LogP contribution in [0.25, 0.3) is 11.1 Å². The molecule has 0 radical (unpaired) electrons. The van der Waals surface area contributed by atoms with Gasteiger partial charge in [0, 0.05) is 17.0 Å². The van der Waals surface area contributed by atoms with Crippen molar-refractivity contribution < 1.29 is 13.2 Å². The molecular weight excluding hydrogens is 227 g/mol. The van der Waals surface area contributed by atoms with Gasteiger partial charge in [-0.1, -0.05) is 30.3 Å². The minimum Gasteiger partial charge on any atom is -0.261 e. The van der Waals surface area contributed by atoms with Crippen molar-refractivity contribution in [1.29, 1.82) is 0 Å². The number of aryl methyl sites for hydroxylation is 1. The van der Waals surface area contributed by atoms with Gasteiger partial charge in [0.15, 0.2) is 0 Å². The van der Waals surface area contributed by atoms with Gasteiger partial charge in [0.2, 0.25) is 0 Å². The highest BCUT2D eigenvalue weighted by Crippen LogP contribution is 2.33. The summed E-state index contributed by atoms with van der Waals surface area (Å²) in [5.74, 6) is 0. The fourth-order valence-corrected chi connectivity index (χ4v) is 2.06. The van der Waals surface area contributed by atoms with Gasteiger partial charge in [0.05, 0.1) is 0 Å². The third kappa shape index (κ3) is 2.07. The lowest BCUT2D eigenvalue weighted by atomic mass is 10.1. The molecule has 2 aromatic rings. The average Bonchev–Trinajstić information content (AvgIpc) is 2.54. The summed E-state index contributed by atoms with van der Waals surface area (Å²) < 4.78 is 38.8. The molecule has 0 aliphatic heterocycles. The molecule has 0 unspecified atom stereocenters. The zero-order valence-corrected chi connectivity index (χ0v) is 9.55. The van der Waals surface area contributed by atoms with E-state index >= 15 is 0 Å². The van der Waals surface area contributed by atoms with Gasteiger partial charge in [-0.05, 0) is 25.5 Å². The predicted molar refractivity (Wildman–Crippen MR) is 60.6 cm³/mol. The highest BCUT2D eigenvalue weighted by molar-refractivity contribution is 5.67. The van der Waals surface area contributed by atoms with E-state index in [-0.39, 0.29) is 11.4 Å². The summed E-state index contributed by atoms with van der Waals surface area (Å²) in [5, 5.41) is 0. The van der Waals surface area contributed by atoms with E-state index in [4.69, 9.17) is 0 Å². The van der Waals surface area contributed by atoms with E-state index in [9.17, 15) is 13.2 Å². The maximum atomic E-state index is 12.8. The zero-order chi connectivity index (χ0) is 12.6. The summed E-state index contributed by atoms with van der Waals surface area (Å²) in [6.45, 7) is 2.95. The summed E-state index contributed by atoms with van der Waals surface area (Å²) >= 11 is 0. The number of hydrogen-bond acceptors (Lipinski definition) is 0.